The first kappa shape index (κ1) is 11.6. The molecule has 15 heavy (non-hydrogen) atoms. The van der Waals surface area contributed by atoms with Crippen LogP contribution in [-0.4, -0.2) is 20.1 Å². The molecule has 0 fully saturated rings. The average molecular weight is 233 g/mol. The Bertz CT molecular complexity index is 468. The third kappa shape index (κ3) is 3.00. The van der Waals surface area contributed by atoms with Gasteiger partial charge in [-0.3, -0.25) is 4.55 Å². The summed E-state index contributed by atoms with van der Waals surface area (Å²) in [6.07, 6.45) is 0. The van der Waals surface area contributed by atoms with Crippen molar-refractivity contribution >= 4 is 16.1 Å². The van der Waals surface area contributed by atoms with E-state index in [0.29, 0.717) is 11.3 Å². The SMILES string of the molecule is COc1cc(OS(=O)(=O)O)c(C)cc1N. The second kappa shape index (κ2) is 3.95. The highest BCUT2D eigenvalue weighted by Crippen LogP contribution is 2.30. The fraction of sp³-hybridized carbons (Fsp3) is 0.250. The van der Waals surface area contributed by atoms with Crippen molar-refractivity contribution in [2.24, 2.45) is 0 Å². The number of hydrogen-bond acceptors (Lipinski definition) is 5. The summed E-state index contributed by atoms with van der Waals surface area (Å²) in [5.74, 6) is 0.253. The van der Waals surface area contributed by atoms with Gasteiger partial charge in [-0.05, 0) is 18.6 Å². The van der Waals surface area contributed by atoms with Gasteiger partial charge < -0.3 is 14.7 Å². The fourth-order valence-corrected chi connectivity index (χ4v) is 1.48. The Morgan fingerprint density at radius 2 is 1.93 bits per heavy atom. The van der Waals surface area contributed by atoms with Crippen LogP contribution in [0.5, 0.6) is 11.5 Å². The lowest BCUT2D eigenvalue weighted by Crippen LogP contribution is -2.08. The highest BCUT2D eigenvalue weighted by Gasteiger charge is 2.12. The predicted molar refractivity (Wildman–Crippen MR) is 54.3 cm³/mol. The summed E-state index contributed by atoms with van der Waals surface area (Å²) in [6, 6.07) is 2.78. The molecule has 0 heterocycles. The van der Waals surface area contributed by atoms with E-state index in [1.807, 2.05) is 0 Å². The first-order chi connectivity index (χ1) is 6.83. The molecule has 0 aliphatic rings. The molecular weight excluding hydrogens is 222 g/mol. The zero-order valence-corrected chi connectivity index (χ0v) is 9.04. The van der Waals surface area contributed by atoms with E-state index in [4.69, 9.17) is 15.0 Å². The van der Waals surface area contributed by atoms with E-state index in [1.165, 1.54) is 19.2 Å². The topological polar surface area (TPSA) is 98.8 Å². The lowest BCUT2D eigenvalue weighted by atomic mass is 10.2. The molecule has 1 aromatic carbocycles. The molecule has 0 bridgehead atoms. The second-order valence-corrected chi connectivity index (χ2v) is 3.89. The molecule has 0 spiro atoms. The number of rotatable bonds is 3. The van der Waals surface area contributed by atoms with Crippen LogP contribution in [0, 0.1) is 6.92 Å². The number of ether oxygens (including phenoxy) is 1. The number of aryl methyl sites for hydroxylation is 1. The van der Waals surface area contributed by atoms with E-state index in [0.717, 1.165) is 0 Å². The molecule has 0 saturated carbocycles. The van der Waals surface area contributed by atoms with Crippen LogP contribution in [0.3, 0.4) is 0 Å². The number of anilines is 1. The molecule has 1 aromatic rings. The summed E-state index contributed by atoms with van der Waals surface area (Å²) in [7, 11) is -3.15. The van der Waals surface area contributed by atoms with Crippen molar-refractivity contribution in [1.82, 2.24) is 0 Å². The third-order valence-electron chi connectivity index (χ3n) is 1.72. The van der Waals surface area contributed by atoms with Crippen LogP contribution >= 0.6 is 0 Å². The molecule has 0 aromatic heterocycles. The third-order valence-corrected chi connectivity index (χ3v) is 2.11. The van der Waals surface area contributed by atoms with Crippen molar-refractivity contribution in [2.45, 2.75) is 6.92 Å². The van der Waals surface area contributed by atoms with E-state index in [-0.39, 0.29) is 11.5 Å². The second-order valence-electron chi connectivity index (χ2n) is 2.87. The lowest BCUT2D eigenvalue weighted by molar-refractivity contribution is 0.382. The van der Waals surface area contributed by atoms with Gasteiger partial charge >= 0.3 is 10.4 Å². The largest absolute Gasteiger partial charge is 0.494 e. The lowest BCUT2D eigenvalue weighted by Gasteiger charge is -2.09. The molecule has 0 unspecified atom stereocenters. The maximum atomic E-state index is 10.5. The molecule has 0 radical (unpaired) electrons. The standard InChI is InChI=1S/C8H11NO5S/c1-5-3-6(9)8(13-2)4-7(5)14-15(10,11)12/h3-4H,9H2,1-2H3,(H,10,11,12). The van der Waals surface area contributed by atoms with E-state index in [9.17, 15) is 8.42 Å². The van der Waals surface area contributed by atoms with Gasteiger partial charge in [0.1, 0.15) is 5.75 Å². The van der Waals surface area contributed by atoms with E-state index < -0.39 is 10.4 Å². The molecule has 0 amide bonds. The summed E-state index contributed by atoms with van der Waals surface area (Å²) < 4.78 is 38.7. The minimum atomic E-state index is -4.53. The molecular formula is C8H11NO5S. The maximum Gasteiger partial charge on any atom is 0.446 e. The first-order valence-electron chi connectivity index (χ1n) is 3.94. The zero-order valence-electron chi connectivity index (χ0n) is 8.22. The van der Waals surface area contributed by atoms with E-state index in [1.54, 1.807) is 6.92 Å². The Kier molecular flexibility index (Phi) is 3.06. The minimum absolute atomic E-state index is 0.0245. The van der Waals surface area contributed by atoms with Crippen molar-refractivity contribution in [3.8, 4) is 11.5 Å². The van der Waals surface area contributed by atoms with Crippen LogP contribution in [0.15, 0.2) is 12.1 Å². The first-order valence-corrected chi connectivity index (χ1v) is 5.31. The Labute approximate surface area is 87.6 Å². The van der Waals surface area contributed by atoms with Gasteiger partial charge in [-0.15, -0.1) is 0 Å². The van der Waals surface area contributed by atoms with Gasteiger partial charge in [0.15, 0.2) is 5.75 Å². The van der Waals surface area contributed by atoms with Crippen molar-refractivity contribution in [2.75, 3.05) is 12.8 Å². The van der Waals surface area contributed by atoms with Gasteiger partial charge in [0.2, 0.25) is 0 Å². The van der Waals surface area contributed by atoms with Crippen LogP contribution < -0.4 is 14.7 Å². The van der Waals surface area contributed by atoms with Crippen molar-refractivity contribution in [1.29, 1.82) is 0 Å². The summed E-state index contributed by atoms with van der Waals surface area (Å²) in [5, 5.41) is 0. The maximum absolute atomic E-state index is 10.5. The van der Waals surface area contributed by atoms with Gasteiger partial charge in [0.25, 0.3) is 0 Å². The highest BCUT2D eigenvalue weighted by molar-refractivity contribution is 7.81. The van der Waals surface area contributed by atoms with E-state index in [2.05, 4.69) is 4.18 Å². The van der Waals surface area contributed by atoms with Crippen LogP contribution in [0.1, 0.15) is 5.56 Å². The molecule has 0 aliphatic heterocycles. The van der Waals surface area contributed by atoms with Gasteiger partial charge in [-0.2, -0.15) is 8.42 Å². The Morgan fingerprint density at radius 1 is 1.33 bits per heavy atom. The molecule has 1 rings (SSSR count). The van der Waals surface area contributed by atoms with Crippen LogP contribution in [0.2, 0.25) is 0 Å². The highest BCUT2D eigenvalue weighted by atomic mass is 32.3. The minimum Gasteiger partial charge on any atom is -0.494 e. The Hall–Kier alpha value is -1.47. The number of hydrogen-bond donors (Lipinski definition) is 2. The Morgan fingerprint density at radius 3 is 2.40 bits per heavy atom. The van der Waals surface area contributed by atoms with Gasteiger partial charge in [-0.1, -0.05) is 0 Å². The molecule has 7 heteroatoms. The molecule has 3 N–H and O–H groups in total. The van der Waals surface area contributed by atoms with Crippen molar-refractivity contribution < 1.29 is 21.9 Å². The van der Waals surface area contributed by atoms with Crippen LogP contribution in [0.25, 0.3) is 0 Å². The number of nitrogens with two attached hydrogens (primary N) is 1. The normalized spacial score (nSPS) is 11.1. The zero-order chi connectivity index (χ0) is 11.6. The van der Waals surface area contributed by atoms with Crippen molar-refractivity contribution in [3.63, 3.8) is 0 Å². The van der Waals surface area contributed by atoms with Crippen LogP contribution in [0.4, 0.5) is 5.69 Å². The molecule has 0 atom stereocenters. The number of benzene rings is 1. The van der Waals surface area contributed by atoms with Crippen LogP contribution in [-0.2, 0) is 10.4 Å². The molecule has 0 saturated heterocycles. The fourth-order valence-electron chi connectivity index (χ4n) is 1.07. The predicted octanol–water partition coefficient (Wildman–Crippen LogP) is 0.767. The van der Waals surface area contributed by atoms with Gasteiger partial charge in [0.05, 0.1) is 12.8 Å². The van der Waals surface area contributed by atoms with Crippen molar-refractivity contribution in [3.05, 3.63) is 17.7 Å². The van der Waals surface area contributed by atoms with E-state index >= 15 is 0 Å². The van der Waals surface area contributed by atoms with Gasteiger partial charge in [0, 0.05) is 6.07 Å². The Balaban J connectivity index is 3.19. The monoisotopic (exact) mass is 233 g/mol. The number of methoxy groups -OCH3 is 1. The molecule has 6 nitrogen and oxygen atoms in total. The quantitative estimate of drug-likeness (QED) is 0.591. The smallest absolute Gasteiger partial charge is 0.446 e. The molecule has 84 valence electrons. The molecule has 0 aliphatic carbocycles. The number of nitrogen functional groups attached to an aromatic ring is 1. The summed E-state index contributed by atoms with van der Waals surface area (Å²) in [4.78, 5) is 0. The average Bonchev–Trinajstić information content (AvgIpc) is 2.07. The summed E-state index contributed by atoms with van der Waals surface area (Å²) in [5.41, 5.74) is 6.41. The summed E-state index contributed by atoms with van der Waals surface area (Å²) >= 11 is 0. The summed E-state index contributed by atoms with van der Waals surface area (Å²) in [6.45, 7) is 1.59. The van der Waals surface area contributed by atoms with Gasteiger partial charge in [-0.25, -0.2) is 0 Å².